The summed E-state index contributed by atoms with van der Waals surface area (Å²) in [5.41, 5.74) is 1.29. The summed E-state index contributed by atoms with van der Waals surface area (Å²) in [5.74, 6) is 0.0835. The fourth-order valence-electron chi connectivity index (χ4n) is 4.75. The Hall–Kier alpha value is -3.30. The van der Waals surface area contributed by atoms with E-state index >= 15 is 0 Å². The summed E-state index contributed by atoms with van der Waals surface area (Å²) in [6, 6.07) is 13.6. The van der Waals surface area contributed by atoms with E-state index in [-0.39, 0.29) is 5.56 Å². The van der Waals surface area contributed by atoms with Crippen LogP contribution in [-0.2, 0) is 4.74 Å². The van der Waals surface area contributed by atoms with Crippen LogP contribution in [0.25, 0.3) is 11.5 Å². The number of anilines is 2. The van der Waals surface area contributed by atoms with Crippen LogP contribution in [0, 0.1) is 11.7 Å². The molecule has 0 bridgehead atoms. The molecule has 3 aromatic rings. The second-order valence-corrected chi connectivity index (χ2v) is 9.20. The van der Waals surface area contributed by atoms with E-state index in [2.05, 4.69) is 25.7 Å². The van der Waals surface area contributed by atoms with Gasteiger partial charge in [0, 0.05) is 36.9 Å². The van der Waals surface area contributed by atoms with Crippen molar-refractivity contribution >= 4 is 17.6 Å². The molecule has 1 saturated heterocycles. The van der Waals surface area contributed by atoms with Gasteiger partial charge in [0.25, 0.3) is 5.91 Å². The first-order valence-electron chi connectivity index (χ1n) is 12.2. The molecule has 2 heterocycles. The van der Waals surface area contributed by atoms with Crippen molar-refractivity contribution in [3.8, 4) is 11.5 Å². The Morgan fingerprint density at radius 2 is 1.74 bits per heavy atom. The van der Waals surface area contributed by atoms with E-state index in [4.69, 9.17) is 9.15 Å². The number of aromatic nitrogens is 2. The highest BCUT2D eigenvalue weighted by Crippen LogP contribution is 2.28. The minimum absolute atomic E-state index is 0.000627. The van der Waals surface area contributed by atoms with Gasteiger partial charge < -0.3 is 19.8 Å². The molecule has 8 nitrogen and oxygen atoms in total. The van der Waals surface area contributed by atoms with Crippen LogP contribution < -0.4 is 10.6 Å². The van der Waals surface area contributed by atoms with E-state index in [1.165, 1.54) is 25.0 Å². The van der Waals surface area contributed by atoms with Crippen LogP contribution in [0.1, 0.15) is 36.0 Å². The number of ether oxygens (including phenoxy) is 1. The van der Waals surface area contributed by atoms with Gasteiger partial charge >= 0.3 is 6.01 Å². The first kappa shape index (κ1) is 23.4. The van der Waals surface area contributed by atoms with Gasteiger partial charge in [-0.15, -0.1) is 5.10 Å². The Bertz CT molecular complexity index is 1120. The van der Waals surface area contributed by atoms with E-state index in [0.717, 1.165) is 57.2 Å². The molecule has 1 aliphatic carbocycles. The lowest BCUT2D eigenvalue weighted by Gasteiger charge is -2.34. The van der Waals surface area contributed by atoms with Gasteiger partial charge in [0.15, 0.2) is 0 Å². The maximum atomic E-state index is 13.8. The second-order valence-electron chi connectivity index (χ2n) is 9.20. The molecule has 9 heteroatoms. The van der Waals surface area contributed by atoms with E-state index in [1.807, 2.05) is 0 Å². The SMILES string of the molecule is O=C(Nc1ccc(-c2nnc(NC3CCC(CN4CCOCC4)CC3)o2)cc1)c1ccccc1F. The zero-order valence-corrected chi connectivity index (χ0v) is 19.6. The van der Waals surface area contributed by atoms with E-state index in [0.29, 0.717) is 23.6 Å². The average Bonchev–Trinajstić information content (AvgIpc) is 3.35. The average molecular weight is 480 g/mol. The molecular weight excluding hydrogens is 449 g/mol. The first-order chi connectivity index (χ1) is 17.1. The zero-order valence-electron chi connectivity index (χ0n) is 19.6. The van der Waals surface area contributed by atoms with Crippen LogP contribution in [0.3, 0.4) is 0 Å². The number of halogens is 1. The minimum atomic E-state index is -0.557. The van der Waals surface area contributed by atoms with Crippen molar-refractivity contribution in [2.45, 2.75) is 31.7 Å². The molecule has 35 heavy (non-hydrogen) atoms. The van der Waals surface area contributed by atoms with Gasteiger partial charge in [0.1, 0.15) is 5.82 Å². The third kappa shape index (κ3) is 6.04. The van der Waals surface area contributed by atoms with Crippen LogP contribution in [0.2, 0.25) is 0 Å². The first-order valence-corrected chi connectivity index (χ1v) is 12.2. The molecule has 184 valence electrons. The van der Waals surface area contributed by atoms with Crippen molar-refractivity contribution in [2.75, 3.05) is 43.5 Å². The number of hydrogen-bond donors (Lipinski definition) is 2. The number of nitrogens with one attached hydrogen (secondary N) is 2. The maximum absolute atomic E-state index is 13.8. The molecule has 2 fully saturated rings. The smallest absolute Gasteiger partial charge is 0.315 e. The Kier molecular flexibility index (Phi) is 7.34. The summed E-state index contributed by atoms with van der Waals surface area (Å²) in [7, 11) is 0. The van der Waals surface area contributed by atoms with E-state index in [9.17, 15) is 9.18 Å². The summed E-state index contributed by atoms with van der Waals surface area (Å²) in [6.45, 7) is 4.95. The third-order valence-electron chi connectivity index (χ3n) is 6.73. The van der Waals surface area contributed by atoms with Gasteiger partial charge in [-0.1, -0.05) is 17.2 Å². The number of carbonyl (C=O) groups is 1. The van der Waals surface area contributed by atoms with Crippen molar-refractivity contribution < 1.29 is 18.3 Å². The normalized spacial score (nSPS) is 20.9. The van der Waals surface area contributed by atoms with Crippen molar-refractivity contribution in [3.05, 3.63) is 59.9 Å². The summed E-state index contributed by atoms with van der Waals surface area (Å²) in [4.78, 5) is 14.8. The van der Waals surface area contributed by atoms with Crippen LogP contribution in [0.4, 0.5) is 16.1 Å². The minimum Gasteiger partial charge on any atom is -0.403 e. The van der Waals surface area contributed by atoms with Gasteiger partial charge in [-0.05, 0) is 68.0 Å². The number of carbonyl (C=O) groups excluding carboxylic acids is 1. The van der Waals surface area contributed by atoms with Crippen molar-refractivity contribution in [1.82, 2.24) is 15.1 Å². The molecule has 0 unspecified atom stereocenters. The van der Waals surface area contributed by atoms with E-state index in [1.54, 1.807) is 36.4 Å². The highest BCUT2D eigenvalue weighted by Gasteiger charge is 2.25. The van der Waals surface area contributed by atoms with Crippen molar-refractivity contribution in [1.29, 1.82) is 0 Å². The van der Waals surface area contributed by atoms with E-state index < -0.39 is 11.7 Å². The Morgan fingerprint density at radius 1 is 1.00 bits per heavy atom. The van der Waals surface area contributed by atoms with Gasteiger partial charge in [-0.25, -0.2) is 4.39 Å². The van der Waals surface area contributed by atoms with Gasteiger partial charge in [-0.3, -0.25) is 9.69 Å². The quantitative estimate of drug-likeness (QED) is 0.518. The predicted molar refractivity (Wildman–Crippen MR) is 131 cm³/mol. The molecular formula is C26H30FN5O3. The zero-order chi connectivity index (χ0) is 24.0. The molecule has 1 aliphatic heterocycles. The number of morpholine rings is 1. The van der Waals surface area contributed by atoms with Crippen LogP contribution in [0.15, 0.2) is 52.9 Å². The van der Waals surface area contributed by atoms with Crippen molar-refractivity contribution in [3.63, 3.8) is 0 Å². The fraction of sp³-hybridized carbons (Fsp3) is 0.423. The summed E-state index contributed by atoms with van der Waals surface area (Å²) in [6.07, 6.45) is 4.55. The Labute approximate surface area is 203 Å². The highest BCUT2D eigenvalue weighted by molar-refractivity contribution is 6.04. The predicted octanol–water partition coefficient (Wildman–Crippen LogP) is 4.43. The van der Waals surface area contributed by atoms with Gasteiger partial charge in [0.2, 0.25) is 5.89 Å². The molecule has 1 saturated carbocycles. The number of hydrogen-bond acceptors (Lipinski definition) is 7. The number of amides is 1. The number of benzene rings is 2. The molecule has 1 aromatic heterocycles. The Morgan fingerprint density at radius 3 is 2.49 bits per heavy atom. The molecule has 2 aromatic carbocycles. The maximum Gasteiger partial charge on any atom is 0.315 e. The molecule has 2 N–H and O–H groups in total. The molecule has 1 amide bonds. The molecule has 0 radical (unpaired) electrons. The van der Waals surface area contributed by atoms with Crippen molar-refractivity contribution in [2.24, 2.45) is 5.92 Å². The lowest BCUT2D eigenvalue weighted by molar-refractivity contribution is 0.0276. The van der Waals surface area contributed by atoms with Gasteiger partial charge in [-0.2, -0.15) is 0 Å². The number of nitrogens with zero attached hydrogens (tertiary/aromatic N) is 3. The molecule has 0 atom stereocenters. The fourth-order valence-corrected chi connectivity index (χ4v) is 4.75. The lowest BCUT2D eigenvalue weighted by Crippen LogP contribution is -2.40. The summed E-state index contributed by atoms with van der Waals surface area (Å²) < 4.78 is 25.1. The largest absolute Gasteiger partial charge is 0.403 e. The topological polar surface area (TPSA) is 92.5 Å². The highest BCUT2D eigenvalue weighted by atomic mass is 19.1. The van der Waals surface area contributed by atoms with Crippen LogP contribution in [-0.4, -0.2) is 59.9 Å². The molecule has 5 rings (SSSR count). The standard InChI is InChI=1S/C26H30FN5O3/c27-23-4-2-1-3-22(23)24(33)28-20-11-7-19(8-12-20)25-30-31-26(35-25)29-21-9-5-18(6-10-21)17-32-13-15-34-16-14-32/h1-4,7-8,11-12,18,21H,5-6,9-10,13-17H2,(H,28,33)(H,29,31). The Balaban J connectivity index is 1.11. The van der Waals surface area contributed by atoms with Gasteiger partial charge in [0.05, 0.1) is 18.8 Å². The van der Waals surface area contributed by atoms with Crippen LogP contribution in [0.5, 0.6) is 0 Å². The molecule has 2 aliphatic rings. The third-order valence-corrected chi connectivity index (χ3v) is 6.73. The monoisotopic (exact) mass is 479 g/mol. The number of rotatable bonds is 7. The van der Waals surface area contributed by atoms with Crippen LogP contribution >= 0.6 is 0 Å². The lowest BCUT2D eigenvalue weighted by atomic mass is 9.85. The summed E-state index contributed by atoms with van der Waals surface area (Å²) in [5, 5.41) is 14.4. The summed E-state index contributed by atoms with van der Waals surface area (Å²) >= 11 is 0. The molecule has 0 spiro atoms. The second kappa shape index (κ2) is 11.0.